The van der Waals surface area contributed by atoms with Crippen molar-refractivity contribution in [1.82, 2.24) is 10.6 Å². The molecule has 0 unspecified atom stereocenters. The Morgan fingerprint density at radius 3 is 1.91 bits per heavy atom. The Hall–Kier alpha value is -0.989. The van der Waals surface area contributed by atoms with Crippen LogP contribution in [0.3, 0.4) is 0 Å². The molecule has 0 aromatic rings. The first-order valence-electron chi connectivity index (χ1n) is 12.0. The van der Waals surface area contributed by atoms with Crippen molar-refractivity contribution in [3.8, 4) is 0 Å². The number of ether oxygens (including phenoxy) is 2. The van der Waals surface area contributed by atoms with E-state index in [1.807, 2.05) is 0 Å². The predicted octanol–water partition coefficient (Wildman–Crippen LogP) is 4.76. The van der Waals surface area contributed by atoms with Gasteiger partial charge in [-0.1, -0.05) is 26.3 Å². The normalized spacial score (nSPS) is 12.4. The lowest BCUT2D eigenvalue weighted by molar-refractivity contribution is -0.140. The lowest BCUT2D eigenvalue weighted by atomic mass is 10.4. The van der Waals surface area contributed by atoms with Gasteiger partial charge in [-0.25, -0.2) is 9.59 Å². The molecule has 0 aromatic heterocycles. The summed E-state index contributed by atoms with van der Waals surface area (Å²) in [7, 11) is -5.74. The number of nitrogens with one attached hydrogen (secondary N) is 2. The van der Waals surface area contributed by atoms with Crippen LogP contribution < -0.4 is 10.6 Å². The van der Waals surface area contributed by atoms with Crippen molar-refractivity contribution in [3.05, 3.63) is 12.2 Å². The lowest BCUT2D eigenvalue weighted by Gasteiger charge is -2.38. The minimum absolute atomic E-state index is 0.169. The molecule has 194 valence electrons. The van der Waals surface area contributed by atoms with Crippen LogP contribution in [0.5, 0.6) is 0 Å². The zero-order valence-corrected chi connectivity index (χ0v) is 25.2. The van der Waals surface area contributed by atoms with Crippen molar-refractivity contribution in [1.29, 1.82) is 0 Å². The minimum Gasteiger partial charge on any atom is -0.460 e. The second-order valence-corrected chi connectivity index (χ2v) is 22.5. The Labute approximate surface area is 204 Å². The monoisotopic (exact) mass is 520 g/mol. The molecule has 0 saturated carbocycles. The first-order valence-corrected chi connectivity index (χ1v) is 21.1. The Morgan fingerprint density at radius 2 is 1.36 bits per heavy atom. The SMILES string of the molecule is C=C(C)C(=O)OCCOCCNC(=O)NCCC[Si](C)(C)O[Si](C)(C)O[Si](C)(C)CCCC. The lowest BCUT2D eigenvalue weighted by Crippen LogP contribution is -2.52. The molecule has 0 bridgehead atoms. The van der Waals surface area contributed by atoms with Gasteiger partial charge in [0.25, 0.3) is 0 Å². The molecule has 0 radical (unpaired) electrons. The van der Waals surface area contributed by atoms with E-state index in [0.717, 1.165) is 12.5 Å². The number of rotatable bonds is 18. The van der Waals surface area contributed by atoms with E-state index in [4.69, 9.17) is 17.7 Å². The predicted molar refractivity (Wildman–Crippen MR) is 142 cm³/mol. The Morgan fingerprint density at radius 1 is 0.818 bits per heavy atom. The summed E-state index contributed by atoms with van der Waals surface area (Å²) in [6, 6.07) is 1.93. The molecule has 0 aliphatic heterocycles. The molecule has 8 nitrogen and oxygen atoms in total. The molecule has 0 saturated heterocycles. The summed E-state index contributed by atoms with van der Waals surface area (Å²) in [4.78, 5) is 23.1. The van der Waals surface area contributed by atoms with Crippen molar-refractivity contribution in [2.24, 2.45) is 0 Å². The van der Waals surface area contributed by atoms with Crippen molar-refractivity contribution in [2.45, 2.75) is 84.5 Å². The third kappa shape index (κ3) is 18.1. The molecular weight excluding hydrogens is 473 g/mol. The number of hydrogen-bond acceptors (Lipinski definition) is 6. The zero-order chi connectivity index (χ0) is 25.5. The van der Waals surface area contributed by atoms with Gasteiger partial charge in [0.05, 0.1) is 13.2 Å². The number of carbonyl (C=O) groups excluding carboxylic acids is 2. The van der Waals surface area contributed by atoms with Crippen LogP contribution in [0.25, 0.3) is 0 Å². The fraction of sp³-hybridized carbons (Fsp3) is 0.818. The fourth-order valence-electron chi connectivity index (χ4n) is 3.49. The van der Waals surface area contributed by atoms with Gasteiger partial charge in [0, 0.05) is 18.7 Å². The highest BCUT2D eigenvalue weighted by Gasteiger charge is 2.39. The minimum atomic E-state index is -2.17. The van der Waals surface area contributed by atoms with E-state index >= 15 is 0 Å². The topological polar surface area (TPSA) is 95.1 Å². The van der Waals surface area contributed by atoms with Gasteiger partial charge >= 0.3 is 20.6 Å². The molecule has 0 aromatic carbocycles. The first kappa shape index (κ1) is 32.0. The molecular formula is C22H48N2O6Si3. The molecule has 0 rings (SSSR count). The number of hydrogen-bond donors (Lipinski definition) is 2. The van der Waals surface area contributed by atoms with Gasteiger partial charge in [0.2, 0.25) is 0 Å². The zero-order valence-electron chi connectivity index (χ0n) is 22.2. The Balaban J connectivity index is 4.00. The van der Waals surface area contributed by atoms with Crippen LogP contribution in [-0.4, -0.2) is 70.1 Å². The van der Waals surface area contributed by atoms with Crippen molar-refractivity contribution in [2.75, 3.05) is 32.9 Å². The third-order valence-electron chi connectivity index (χ3n) is 4.76. The summed E-state index contributed by atoms with van der Waals surface area (Å²) >= 11 is 0. The maximum atomic E-state index is 11.9. The Bertz CT molecular complexity index is 615. The van der Waals surface area contributed by atoms with Gasteiger partial charge in [0.15, 0.2) is 16.6 Å². The molecule has 0 atom stereocenters. The quantitative estimate of drug-likeness (QED) is 0.117. The Kier molecular flexibility index (Phi) is 15.4. The molecule has 33 heavy (non-hydrogen) atoms. The molecule has 0 fully saturated rings. The standard InChI is InChI=1S/C22H48N2O6Si3/c1-10-11-18-31(4,5)29-33(8,9)30-32(6,7)19-12-13-23-22(26)24-14-15-27-16-17-28-21(25)20(2)3/h2,10-19H2,1,3-9H3,(H2,23,24,26). The number of carbonyl (C=O) groups is 2. The molecule has 2 N–H and O–H groups in total. The van der Waals surface area contributed by atoms with Crippen molar-refractivity contribution < 1.29 is 27.3 Å². The van der Waals surface area contributed by atoms with E-state index in [2.05, 4.69) is 63.4 Å². The largest absolute Gasteiger partial charge is 0.460 e. The maximum absolute atomic E-state index is 11.9. The number of urea groups is 1. The molecule has 2 amide bonds. The molecule has 0 spiro atoms. The van der Waals surface area contributed by atoms with Crippen LogP contribution in [0.15, 0.2) is 12.2 Å². The second-order valence-electron chi connectivity index (χ2n) is 10.0. The van der Waals surface area contributed by atoms with E-state index in [1.165, 1.54) is 18.9 Å². The average molecular weight is 521 g/mol. The van der Waals surface area contributed by atoms with Gasteiger partial charge in [-0.15, -0.1) is 0 Å². The highest BCUT2D eigenvalue weighted by Crippen LogP contribution is 2.26. The number of unbranched alkanes of at least 4 members (excludes halogenated alkanes) is 1. The number of amides is 2. The van der Waals surface area contributed by atoms with Crippen LogP contribution in [0.2, 0.25) is 51.4 Å². The third-order valence-corrected chi connectivity index (χ3v) is 16.2. The average Bonchev–Trinajstić information content (AvgIpc) is 2.66. The van der Waals surface area contributed by atoms with E-state index in [0.29, 0.717) is 25.3 Å². The maximum Gasteiger partial charge on any atom is 0.333 e. The van der Waals surface area contributed by atoms with E-state index in [-0.39, 0.29) is 19.2 Å². The van der Waals surface area contributed by atoms with Gasteiger partial charge in [-0.05, 0) is 64.7 Å². The van der Waals surface area contributed by atoms with Gasteiger partial charge in [-0.2, -0.15) is 0 Å². The van der Waals surface area contributed by atoms with Crippen LogP contribution in [-0.2, 0) is 22.5 Å². The van der Waals surface area contributed by atoms with E-state index in [1.54, 1.807) is 6.92 Å². The van der Waals surface area contributed by atoms with Gasteiger partial charge in [-0.3, -0.25) is 0 Å². The summed E-state index contributed by atoms with van der Waals surface area (Å²) < 4.78 is 23.4. The van der Waals surface area contributed by atoms with E-state index in [9.17, 15) is 9.59 Å². The van der Waals surface area contributed by atoms with Gasteiger partial charge < -0.3 is 28.3 Å². The second kappa shape index (κ2) is 15.8. The van der Waals surface area contributed by atoms with Crippen LogP contribution in [0, 0.1) is 0 Å². The highest BCUT2D eigenvalue weighted by atomic mass is 28.5. The summed E-state index contributed by atoms with van der Waals surface area (Å²) in [5.41, 5.74) is 0.359. The van der Waals surface area contributed by atoms with Gasteiger partial charge in [0.1, 0.15) is 6.61 Å². The van der Waals surface area contributed by atoms with E-state index < -0.39 is 31.2 Å². The summed E-state index contributed by atoms with van der Waals surface area (Å²) in [5, 5.41) is 5.63. The molecule has 0 heterocycles. The van der Waals surface area contributed by atoms with Crippen molar-refractivity contribution in [3.63, 3.8) is 0 Å². The van der Waals surface area contributed by atoms with Crippen LogP contribution >= 0.6 is 0 Å². The van der Waals surface area contributed by atoms with Crippen LogP contribution in [0.1, 0.15) is 33.1 Å². The molecule has 11 heteroatoms. The van der Waals surface area contributed by atoms with Crippen molar-refractivity contribution >= 4 is 37.2 Å². The van der Waals surface area contributed by atoms with Crippen LogP contribution in [0.4, 0.5) is 4.79 Å². The number of esters is 1. The summed E-state index contributed by atoms with van der Waals surface area (Å²) in [6.07, 6.45) is 3.29. The molecule has 0 aliphatic rings. The first-order chi connectivity index (χ1) is 15.2. The summed E-state index contributed by atoms with van der Waals surface area (Å²) in [5.74, 6) is -0.427. The summed E-state index contributed by atoms with van der Waals surface area (Å²) in [6.45, 7) is 22.5. The fourth-order valence-corrected chi connectivity index (χ4v) is 17.7. The highest BCUT2D eigenvalue weighted by molar-refractivity contribution is 6.87. The molecule has 0 aliphatic carbocycles. The smallest absolute Gasteiger partial charge is 0.333 e.